The van der Waals surface area contributed by atoms with Gasteiger partial charge in [0.15, 0.2) is 0 Å². The first-order valence-electron chi connectivity index (χ1n) is 6.34. The molecule has 0 unspecified atom stereocenters. The van der Waals surface area contributed by atoms with E-state index in [0.29, 0.717) is 6.42 Å². The number of thiophene rings is 1. The van der Waals surface area contributed by atoms with Crippen molar-refractivity contribution in [2.24, 2.45) is 0 Å². The Morgan fingerprint density at radius 3 is 2.95 bits per heavy atom. The highest BCUT2D eigenvalue weighted by atomic mass is 35.5. The van der Waals surface area contributed by atoms with Gasteiger partial charge in [-0.25, -0.2) is 0 Å². The molecule has 0 fully saturated rings. The predicted molar refractivity (Wildman–Crippen MR) is 85.2 cm³/mol. The molecule has 112 valence electrons. The van der Waals surface area contributed by atoms with Gasteiger partial charge < -0.3 is 9.15 Å². The number of carbonyl (C=O) groups excluding carboxylic acids is 1. The van der Waals surface area contributed by atoms with Crippen LogP contribution in [0.2, 0.25) is 0 Å². The molecule has 2 heterocycles. The number of nitrogens with zero attached hydrogens (tertiary/aromatic N) is 1. The Balaban J connectivity index is 2.21. The fraction of sp³-hybridized carbons (Fsp3) is 0.267. The standard InChI is InChI=1S/C15H16ClNO3S/c1-11(6-12-4-3-5-20-12)9-17(14(18)8-16)15-7-13(19-2)10-21-15/h3-5,7,9-10H,6,8H2,1-2H3. The quantitative estimate of drug-likeness (QED) is 0.752. The van der Waals surface area contributed by atoms with Crippen molar-refractivity contribution in [2.45, 2.75) is 13.3 Å². The monoisotopic (exact) mass is 325 g/mol. The molecule has 0 saturated heterocycles. The maximum atomic E-state index is 12.0. The maximum absolute atomic E-state index is 12.0. The van der Waals surface area contributed by atoms with Crippen LogP contribution in [0.1, 0.15) is 12.7 Å². The van der Waals surface area contributed by atoms with Crippen molar-refractivity contribution < 1.29 is 13.9 Å². The van der Waals surface area contributed by atoms with Crippen LogP contribution in [0.3, 0.4) is 0 Å². The third-order valence-corrected chi connectivity index (χ3v) is 3.94. The third-order valence-electron chi connectivity index (χ3n) is 2.80. The molecule has 2 aromatic rings. The Morgan fingerprint density at radius 1 is 1.57 bits per heavy atom. The van der Waals surface area contributed by atoms with E-state index in [1.54, 1.807) is 24.5 Å². The molecule has 2 rings (SSSR count). The van der Waals surface area contributed by atoms with Crippen LogP contribution in [-0.2, 0) is 11.2 Å². The van der Waals surface area contributed by atoms with Gasteiger partial charge >= 0.3 is 0 Å². The molecule has 0 aromatic carbocycles. The summed E-state index contributed by atoms with van der Waals surface area (Å²) in [6, 6.07) is 5.56. The predicted octanol–water partition coefficient (Wildman–Crippen LogP) is 4.07. The average molecular weight is 326 g/mol. The van der Waals surface area contributed by atoms with Crippen LogP contribution < -0.4 is 9.64 Å². The van der Waals surface area contributed by atoms with E-state index in [2.05, 4.69) is 0 Å². The number of alkyl halides is 1. The van der Waals surface area contributed by atoms with Crippen molar-refractivity contribution in [3.05, 3.63) is 47.4 Å². The van der Waals surface area contributed by atoms with Crippen molar-refractivity contribution in [1.29, 1.82) is 0 Å². The molecule has 0 aliphatic carbocycles. The summed E-state index contributed by atoms with van der Waals surface area (Å²) in [5, 5.41) is 2.62. The van der Waals surface area contributed by atoms with Crippen molar-refractivity contribution in [3.63, 3.8) is 0 Å². The first-order chi connectivity index (χ1) is 10.1. The fourth-order valence-corrected chi connectivity index (χ4v) is 2.80. The van der Waals surface area contributed by atoms with Crippen molar-refractivity contribution in [1.82, 2.24) is 0 Å². The lowest BCUT2D eigenvalue weighted by molar-refractivity contribution is -0.115. The van der Waals surface area contributed by atoms with E-state index >= 15 is 0 Å². The summed E-state index contributed by atoms with van der Waals surface area (Å²) in [6.07, 6.45) is 4.06. The van der Waals surface area contributed by atoms with E-state index < -0.39 is 0 Å². The molecule has 0 spiro atoms. The lowest BCUT2D eigenvalue weighted by Gasteiger charge is -2.16. The number of halogens is 1. The number of rotatable bonds is 6. The smallest absolute Gasteiger partial charge is 0.246 e. The number of anilines is 1. The van der Waals surface area contributed by atoms with Gasteiger partial charge in [-0.05, 0) is 24.6 Å². The van der Waals surface area contributed by atoms with Crippen LogP contribution in [0, 0.1) is 0 Å². The van der Waals surface area contributed by atoms with Gasteiger partial charge in [0.05, 0.1) is 13.4 Å². The van der Waals surface area contributed by atoms with E-state index in [4.69, 9.17) is 20.8 Å². The summed E-state index contributed by atoms with van der Waals surface area (Å²) in [5.74, 6) is 1.32. The largest absolute Gasteiger partial charge is 0.496 e. The second-order valence-electron chi connectivity index (χ2n) is 4.45. The van der Waals surface area contributed by atoms with Gasteiger partial charge in [-0.2, -0.15) is 0 Å². The van der Waals surface area contributed by atoms with E-state index in [-0.39, 0.29) is 11.8 Å². The summed E-state index contributed by atoms with van der Waals surface area (Å²) in [7, 11) is 1.59. The Kier molecular flexibility index (Phi) is 5.47. The minimum absolute atomic E-state index is 0.0786. The molecular formula is C15H16ClNO3S. The zero-order valence-corrected chi connectivity index (χ0v) is 13.4. The zero-order chi connectivity index (χ0) is 15.2. The average Bonchev–Trinajstić information content (AvgIpc) is 3.14. The fourth-order valence-electron chi connectivity index (χ4n) is 1.82. The second-order valence-corrected chi connectivity index (χ2v) is 5.61. The molecule has 6 heteroatoms. The summed E-state index contributed by atoms with van der Waals surface area (Å²) in [6.45, 7) is 1.95. The van der Waals surface area contributed by atoms with Gasteiger partial charge in [-0.1, -0.05) is 0 Å². The normalized spacial score (nSPS) is 11.5. The highest BCUT2D eigenvalue weighted by Gasteiger charge is 2.15. The SMILES string of the molecule is COc1csc(N(C=C(C)Cc2ccco2)C(=O)CCl)c1. The maximum Gasteiger partial charge on any atom is 0.246 e. The Morgan fingerprint density at radius 2 is 2.38 bits per heavy atom. The number of hydrogen-bond acceptors (Lipinski definition) is 4. The van der Waals surface area contributed by atoms with Crippen molar-refractivity contribution in [3.8, 4) is 5.75 Å². The number of furan rings is 1. The number of amides is 1. The molecule has 0 N–H and O–H groups in total. The molecular weight excluding hydrogens is 310 g/mol. The number of methoxy groups -OCH3 is 1. The molecule has 0 bridgehead atoms. The minimum atomic E-state index is -0.181. The summed E-state index contributed by atoms with van der Waals surface area (Å²) in [4.78, 5) is 13.6. The third kappa shape index (κ3) is 4.12. The van der Waals surface area contributed by atoms with Gasteiger partial charge in [0.2, 0.25) is 5.91 Å². The molecule has 4 nitrogen and oxygen atoms in total. The molecule has 0 aliphatic heterocycles. The molecule has 0 saturated carbocycles. The molecule has 1 amide bonds. The van der Waals surface area contributed by atoms with Gasteiger partial charge in [0.25, 0.3) is 0 Å². The van der Waals surface area contributed by atoms with Crippen LogP contribution in [0.15, 0.2) is 46.0 Å². The molecule has 0 aliphatic rings. The van der Waals surface area contributed by atoms with E-state index in [0.717, 1.165) is 22.1 Å². The van der Waals surface area contributed by atoms with Crippen LogP contribution in [-0.4, -0.2) is 18.9 Å². The molecule has 21 heavy (non-hydrogen) atoms. The zero-order valence-electron chi connectivity index (χ0n) is 11.8. The Hall–Kier alpha value is -1.72. The van der Waals surface area contributed by atoms with Crippen LogP contribution in [0.25, 0.3) is 0 Å². The highest BCUT2D eigenvalue weighted by Crippen LogP contribution is 2.30. The number of ether oxygens (including phenoxy) is 1. The Bertz CT molecular complexity index is 619. The van der Waals surface area contributed by atoms with Crippen LogP contribution >= 0.6 is 22.9 Å². The summed E-state index contributed by atoms with van der Waals surface area (Å²) in [5.41, 5.74) is 0.996. The second kappa shape index (κ2) is 7.33. The number of hydrogen-bond donors (Lipinski definition) is 0. The lowest BCUT2D eigenvalue weighted by Crippen LogP contribution is -2.26. The highest BCUT2D eigenvalue weighted by molar-refractivity contribution is 7.14. The molecule has 0 radical (unpaired) electrons. The Labute approximate surface area is 132 Å². The number of carbonyl (C=O) groups is 1. The van der Waals surface area contributed by atoms with Gasteiger partial charge in [0.1, 0.15) is 22.4 Å². The first kappa shape index (κ1) is 15.7. The van der Waals surface area contributed by atoms with Crippen LogP contribution in [0.4, 0.5) is 5.00 Å². The number of allylic oxidation sites excluding steroid dienone is 1. The van der Waals surface area contributed by atoms with Crippen molar-refractivity contribution >= 4 is 33.8 Å². The van der Waals surface area contributed by atoms with E-state index in [1.807, 2.05) is 30.5 Å². The lowest BCUT2D eigenvalue weighted by atomic mass is 10.2. The van der Waals surface area contributed by atoms with E-state index in [1.165, 1.54) is 11.3 Å². The van der Waals surface area contributed by atoms with Gasteiger partial charge in [-0.3, -0.25) is 9.69 Å². The minimum Gasteiger partial charge on any atom is -0.496 e. The van der Waals surface area contributed by atoms with Gasteiger partial charge in [-0.15, -0.1) is 22.9 Å². The topological polar surface area (TPSA) is 42.7 Å². The molecule has 0 atom stereocenters. The van der Waals surface area contributed by atoms with Crippen LogP contribution in [0.5, 0.6) is 5.75 Å². The van der Waals surface area contributed by atoms with E-state index in [9.17, 15) is 4.79 Å². The van der Waals surface area contributed by atoms with Crippen molar-refractivity contribution in [2.75, 3.05) is 17.9 Å². The summed E-state index contributed by atoms with van der Waals surface area (Å²) >= 11 is 7.13. The molecule has 2 aromatic heterocycles. The first-order valence-corrected chi connectivity index (χ1v) is 7.75. The van der Waals surface area contributed by atoms with Gasteiger partial charge in [0, 0.05) is 24.1 Å². The summed E-state index contributed by atoms with van der Waals surface area (Å²) < 4.78 is 10.5.